The van der Waals surface area contributed by atoms with Crippen molar-refractivity contribution in [2.75, 3.05) is 47.0 Å². The van der Waals surface area contributed by atoms with Gasteiger partial charge in [-0.2, -0.15) is 0 Å². The highest BCUT2D eigenvalue weighted by Crippen LogP contribution is 2.27. The van der Waals surface area contributed by atoms with E-state index in [0.717, 1.165) is 26.2 Å². The first-order valence-corrected chi connectivity index (χ1v) is 6.92. The van der Waals surface area contributed by atoms with Gasteiger partial charge in [-0.1, -0.05) is 6.08 Å². The van der Waals surface area contributed by atoms with E-state index < -0.39 is 0 Å². The predicted octanol–water partition coefficient (Wildman–Crippen LogP) is -0.0330. The highest BCUT2D eigenvalue weighted by molar-refractivity contribution is 5.32. The smallest absolute Gasteiger partial charge is 0.104 e. The molecule has 1 aliphatic carbocycles. The second-order valence-electron chi connectivity index (χ2n) is 5.49. The molecule has 0 amide bonds. The molecular weight excluding hydrogens is 240 g/mol. The third-order valence-electron chi connectivity index (χ3n) is 4.16. The van der Waals surface area contributed by atoms with Crippen molar-refractivity contribution in [2.24, 2.45) is 5.73 Å². The van der Waals surface area contributed by atoms with Gasteiger partial charge in [0.15, 0.2) is 0 Å². The van der Waals surface area contributed by atoms with Crippen LogP contribution in [0.15, 0.2) is 23.9 Å². The van der Waals surface area contributed by atoms with E-state index in [-0.39, 0.29) is 11.6 Å². The molecule has 3 N–H and O–H groups in total. The first kappa shape index (κ1) is 14.5. The topological polar surface area (TPSA) is 53.8 Å². The van der Waals surface area contributed by atoms with Crippen molar-refractivity contribution >= 4 is 0 Å². The fraction of sp³-hybridized carbons (Fsp3) is 0.714. The fourth-order valence-corrected chi connectivity index (χ4v) is 2.66. The van der Waals surface area contributed by atoms with Gasteiger partial charge in [0.2, 0.25) is 0 Å². The third-order valence-corrected chi connectivity index (χ3v) is 4.16. The van der Waals surface area contributed by atoms with Crippen molar-refractivity contribution in [2.45, 2.75) is 18.6 Å². The Bertz CT molecular complexity index is 360. The van der Waals surface area contributed by atoms with Crippen LogP contribution >= 0.6 is 0 Å². The summed E-state index contributed by atoms with van der Waals surface area (Å²) in [7, 11) is 3.92. The number of allylic oxidation sites excluding steroid dienone is 1. The molecule has 1 heterocycles. The lowest BCUT2D eigenvalue weighted by atomic mass is 9.90. The van der Waals surface area contributed by atoms with E-state index in [9.17, 15) is 0 Å². The SMILES string of the molecule is COC1(C)C=C(N2CCN(C)CC2)C=CC1NCN. The molecule has 19 heavy (non-hydrogen) atoms. The lowest BCUT2D eigenvalue weighted by Gasteiger charge is -2.40. The summed E-state index contributed by atoms with van der Waals surface area (Å²) in [5.41, 5.74) is 6.51. The molecule has 5 heteroatoms. The lowest BCUT2D eigenvalue weighted by molar-refractivity contribution is 0.0246. The number of nitrogens with two attached hydrogens (primary N) is 1. The molecule has 2 rings (SSSR count). The molecule has 1 aliphatic heterocycles. The van der Waals surface area contributed by atoms with Crippen LogP contribution in [0.3, 0.4) is 0 Å². The van der Waals surface area contributed by atoms with Gasteiger partial charge >= 0.3 is 0 Å². The molecule has 1 saturated heterocycles. The van der Waals surface area contributed by atoms with Crippen LogP contribution in [-0.4, -0.2) is 68.4 Å². The summed E-state index contributed by atoms with van der Waals surface area (Å²) in [4.78, 5) is 4.78. The zero-order valence-corrected chi connectivity index (χ0v) is 12.2. The summed E-state index contributed by atoms with van der Waals surface area (Å²) in [6.45, 7) is 6.91. The molecule has 0 spiro atoms. The predicted molar refractivity (Wildman–Crippen MR) is 77.7 cm³/mol. The van der Waals surface area contributed by atoms with Gasteiger partial charge in [-0.3, -0.25) is 5.32 Å². The number of hydrogen-bond acceptors (Lipinski definition) is 5. The highest BCUT2D eigenvalue weighted by atomic mass is 16.5. The Hall–Kier alpha value is -0.880. The molecule has 0 aromatic heterocycles. The van der Waals surface area contributed by atoms with Crippen molar-refractivity contribution in [3.8, 4) is 0 Å². The van der Waals surface area contributed by atoms with Crippen molar-refractivity contribution in [1.29, 1.82) is 0 Å². The van der Waals surface area contributed by atoms with Gasteiger partial charge in [-0.15, -0.1) is 0 Å². The van der Waals surface area contributed by atoms with Crippen molar-refractivity contribution in [1.82, 2.24) is 15.1 Å². The number of piperazine rings is 1. The third kappa shape index (κ3) is 3.17. The second-order valence-corrected chi connectivity index (χ2v) is 5.49. The molecule has 0 aromatic rings. The van der Waals surface area contributed by atoms with Crippen molar-refractivity contribution in [3.63, 3.8) is 0 Å². The number of nitrogens with zero attached hydrogens (tertiary/aromatic N) is 2. The Morgan fingerprint density at radius 1 is 1.42 bits per heavy atom. The Labute approximate surface area is 116 Å². The van der Waals surface area contributed by atoms with Crippen LogP contribution in [0.5, 0.6) is 0 Å². The molecule has 0 radical (unpaired) electrons. The average Bonchev–Trinajstić information content (AvgIpc) is 2.42. The lowest BCUT2D eigenvalue weighted by Crippen LogP contribution is -2.52. The van der Waals surface area contributed by atoms with E-state index in [1.165, 1.54) is 5.70 Å². The number of ether oxygens (including phenoxy) is 1. The van der Waals surface area contributed by atoms with Crippen molar-refractivity contribution < 1.29 is 4.74 Å². The number of hydrogen-bond donors (Lipinski definition) is 2. The van der Waals surface area contributed by atoms with Gasteiger partial charge in [0.1, 0.15) is 5.60 Å². The minimum absolute atomic E-state index is 0.124. The first-order chi connectivity index (χ1) is 9.09. The molecule has 1 fully saturated rings. The van der Waals surface area contributed by atoms with Gasteiger partial charge in [0, 0.05) is 45.7 Å². The Morgan fingerprint density at radius 3 is 2.68 bits per heavy atom. The molecule has 2 aliphatic rings. The maximum Gasteiger partial charge on any atom is 0.104 e. The molecular formula is C14H26N4O. The van der Waals surface area contributed by atoms with E-state index in [1.807, 2.05) is 0 Å². The van der Waals surface area contributed by atoms with Crippen LogP contribution in [0.1, 0.15) is 6.92 Å². The summed E-state index contributed by atoms with van der Waals surface area (Å²) in [5, 5.41) is 3.25. The van der Waals surface area contributed by atoms with Gasteiger partial charge in [0.05, 0.1) is 6.04 Å². The van der Waals surface area contributed by atoms with Crippen molar-refractivity contribution in [3.05, 3.63) is 23.9 Å². The average molecular weight is 266 g/mol. The Balaban J connectivity index is 2.10. The largest absolute Gasteiger partial charge is 0.372 e. The molecule has 0 bridgehead atoms. The Morgan fingerprint density at radius 2 is 2.11 bits per heavy atom. The van der Waals surface area contributed by atoms with E-state index in [1.54, 1.807) is 7.11 Å². The fourth-order valence-electron chi connectivity index (χ4n) is 2.66. The van der Waals surface area contributed by atoms with Crippen LogP contribution in [0.4, 0.5) is 0 Å². The maximum atomic E-state index is 5.70. The van der Waals surface area contributed by atoms with Crippen LogP contribution in [0.2, 0.25) is 0 Å². The summed E-state index contributed by atoms with van der Waals surface area (Å²) >= 11 is 0. The molecule has 108 valence electrons. The van der Waals surface area contributed by atoms with Crippen LogP contribution in [0, 0.1) is 0 Å². The first-order valence-electron chi connectivity index (χ1n) is 6.92. The van der Waals surface area contributed by atoms with E-state index in [4.69, 9.17) is 10.5 Å². The Kier molecular flexibility index (Phi) is 4.62. The molecule has 0 aromatic carbocycles. The number of nitrogens with one attached hydrogen (secondary N) is 1. The van der Waals surface area contributed by atoms with Gasteiger partial charge < -0.3 is 20.3 Å². The zero-order chi connectivity index (χ0) is 13.9. The molecule has 2 atom stereocenters. The van der Waals surface area contributed by atoms with E-state index in [2.05, 4.69) is 47.3 Å². The molecule has 5 nitrogen and oxygen atoms in total. The standard InChI is InChI=1S/C14H26N4O/c1-14(19-3)10-12(4-5-13(14)16-11-15)18-8-6-17(2)7-9-18/h4-5,10,13,16H,6-9,11,15H2,1-3H3. The number of rotatable bonds is 4. The quantitative estimate of drug-likeness (QED) is 0.700. The minimum atomic E-state index is -0.340. The van der Waals surface area contributed by atoms with Crippen LogP contribution in [0.25, 0.3) is 0 Å². The summed E-state index contributed by atoms with van der Waals surface area (Å²) in [5.74, 6) is 0. The molecule has 2 unspecified atom stereocenters. The summed E-state index contributed by atoms with van der Waals surface area (Å²) < 4.78 is 5.70. The number of methoxy groups -OCH3 is 1. The van der Waals surface area contributed by atoms with Gasteiger partial charge in [0.25, 0.3) is 0 Å². The summed E-state index contributed by atoms with van der Waals surface area (Å²) in [6, 6.07) is 0.124. The monoisotopic (exact) mass is 266 g/mol. The number of likely N-dealkylation sites (N-methyl/N-ethyl adjacent to an activating group) is 1. The minimum Gasteiger partial charge on any atom is -0.372 e. The van der Waals surface area contributed by atoms with Crippen LogP contribution in [-0.2, 0) is 4.74 Å². The highest BCUT2D eigenvalue weighted by Gasteiger charge is 2.34. The second kappa shape index (κ2) is 6.05. The van der Waals surface area contributed by atoms with Gasteiger partial charge in [-0.25, -0.2) is 0 Å². The van der Waals surface area contributed by atoms with Gasteiger partial charge in [-0.05, 0) is 26.1 Å². The normalized spacial score (nSPS) is 32.5. The molecule has 0 saturated carbocycles. The van der Waals surface area contributed by atoms with E-state index >= 15 is 0 Å². The van der Waals surface area contributed by atoms with Crippen LogP contribution < -0.4 is 11.1 Å². The van der Waals surface area contributed by atoms with E-state index in [0.29, 0.717) is 6.67 Å². The summed E-state index contributed by atoms with van der Waals surface area (Å²) in [6.07, 6.45) is 6.55. The zero-order valence-electron chi connectivity index (χ0n) is 12.2. The maximum absolute atomic E-state index is 5.70.